The molecule has 2 aliphatic heterocycles. The molecule has 0 unspecified atom stereocenters. The molecule has 2 rings (SSSR count). The number of hydrogen-bond donors (Lipinski definition) is 2. The summed E-state index contributed by atoms with van der Waals surface area (Å²) in [4.78, 5) is 13.5. The van der Waals surface area contributed by atoms with Crippen LogP contribution in [0, 0.1) is 0 Å². The van der Waals surface area contributed by atoms with Gasteiger partial charge in [-0.25, -0.2) is 4.79 Å². The summed E-state index contributed by atoms with van der Waals surface area (Å²) in [6.45, 7) is 5.20. The molecular formula is C10H20ClN3O2. The smallest absolute Gasteiger partial charge is 0.410 e. The van der Waals surface area contributed by atoms with Gasteiger partial charge in [0.1, 0.15) is 6.10 Å². The van der Waals surface area contributed by atoms with Crippen LogP contribution >= 0.6 is 12.4 Å². The fourth-order valence-corrected chi connectivity index (χ4v) is 1.98. The van der Waals surface area contributed by atoms with E-state index in [1.54, 1.807) is 4.90 Å². The van der Waals surface area contributed by atoms with Gasteiger partial charge in [-0.05, 0) is 25.9 Å². The monoisotopic (exact) mass is 249 g/mol. The lowest BCUT2D eigenvalue weighted by Crippen LogP contribution is -2.48. The summed E-state index contributed by atoms with van der Waals surface area (Å²) in [7, 11) is 0. The molecule has 0 aromatic carbocycles. The zero-order valence-electron chi connectivity index (χ0n) is 9.41. The summed E-state index contributed by atoms with van der Waals surface area (Å²) in [5.74, 6) is 0. The number of rotatable bonds is 1. The standard InChI is InChI=1S/C10H19N3O2.ClH/c14-10(13-7-5-12-6-8-13)15-9-1-3-11-4-2-9;/h9,11-12H,1-8H2;1H. The van der Waals surface area contributed by atoms with E-state index in [4.69, 9.17) is 4.74 Å². The predicted molar refractivity (Wildman–Crippen MR) is 64.1 cm³/mol. The molecule has 1 amide bonds. The van der Waals surface area contributed by atoms with Crippen LogP contribution < -0.4 is 10.6 Å². The molecule has 2 fully saturated rings. The largest absolute Gasteiger partial charge is 0.446 e. The molecule has 94 valence electrons. The second kappa shape index (κ2) is 6.93. The van der Waals surface area contributed by atoms with Crippen molar-refractivity contribution in [2.24, 2.45) is 0 Å². The van der Waals surface area contributed by atoms with Gasteiger partial charge in [-0.1, -0.05) is 0 Å². The molecule has 0 aromatic heterocycles. The van der Waals surface area contributed by atoms with Gasteiger partial charge < -0.3 is 20.3 Å². The normalized spacial score (nSPS) is 22.4. The number of carbonyl (C=O) groups excluding carboxylic acids is 1. The summed E-state index contributed by atoms with van der Waals surface area (Å²) >= 11 is 0. The van der Waals surface area contributed by atoms with Crippen LogP contribution in [-0.4, -0.2) is 56.4 Å². The van der Waals surface area contributed by atoms with Crippen molar-refractivity contribution in [2.75, 3.05) is 39.3 Å². The van der Waals surface area contributed by atoms with Gasteiger partial charge in [-0.3, -0.25) is 0 Å². The second-order valence-electron chi connectivity index (χ2n) is 4.07. The second-order valence-corrected chi connectivity index (χ2v) is 4.07. The average Bonchev–Trinajstić information content (AvgIpc) is 2.31. The summed E-state index contributed by atoms with van der Waals surface area (Å²) in [5, 5.41) is 6.47. The maximum Gasteiger partial charge on any atom is 0.410 e. The van der Waals surface area contributed by atoms with Gasteiger partial charge in [0.15, 0.2) is 0 Å². The van der Waals surface area contributed by atoms with Crippen LogP contribution in [0.5, 0.6) is 0 Å². The van der Waals surface area contributed by atoms with Crippen LogP contribution in [0.1, 0.15) is 12.8 Å². The fourth-order valence-electron chi connectivity index (χ4n) is 1.98. The molecule has 0 radical (unpaired) electrons. The minimum absolute atomic E-state index is 0. The van der Waals surface area contributed by atoms with Crippen molar-refractivity contribution in [1.29, 1.82) is 0 Å². The van der Waals surface area contributed by atoms with Crippen molar-refractivity contribution in [3.8, 4) is 0 Å². The molecule has 6 heteroatoms. The van der Waals surface area contributed by atoms with E-state index in [9.17, 15) is 4.79 Å². The minimum atomic E-state index is -0.136. The fraction of sp³-hybridized carbons (Fsp3) is 0.900. The first kappa shape index (κ1) is 13.5. The van der Waals surface area contributed by atoms with Gasteiger partial charge in [-0.2, -0.15) is 0 Å². The van der Waals surface area contributed by atoms with Gasteiger partial charge in [0.05, 0.1) is 0 Å². The van der Waals surface area contributed by atoms with E-state index in [0.29, 0.717) is 0 Å². The molecular weight excluding hydrogens is 230 g/mol. The van der Waals surface area contributed by atoms with Crippen molar-refractivity contribution in [2.45, 2.75) is 18.9 Å². The highest BCUT2D eigenvalue weighted by Gasteiger charge is 2.22. The first-order chi connectivity index (χ1) is 7.36. The number of amides is 1. The molecule has 2 heterocycles. The van der Waals surface area contributed by atoms with E-state index in [-0.39, 0.29) is 24.6 Å². The number of halogens is 1. The molecule has 2 saturated heterocycles. The first-order valence-corrected chi connectivity index (χ1v) is 5.73. The van der Waals surface area contributed by atoms with Crippen LogP contribution in [0.15, 0.2) is 0 Å². The summed E-state index contributed by atoms with van der Waals surface area (Å²) in [5.41, 5.74) is 0. The van der Waals surface area contributed by atoms with E-state index in [2.05, 4.69) is 10.6 Å². The molecule has 0 saturated carbocycles. The zero-order chi connectivity index (χ0) is 10.5. The number of nitrogens with zero attached hydrogens (tertiary/aromatic N) is 1. The number of hydrogen-bond acceptors (Lipinski definition) is 4. The van der Waals surface area contributed by atoms with Crippen LogP contribution in [0.4, 0.5) is 4.79 Å². The van der Waals surface area contributed by atoms with Gasteiger partial charge in [0.2, 0.25) is 0 Å². The Bertz CT molecular complexity index is 216. The van der Waals surface area contributed by atoms with Crippen molar-refractivity contribution < 1.29 is 9.53 Å². The number of ether oxygens (including phenoxy) is 1. The lowest BCUT2D eigenvalue weighted by atomic mass is 10.1. The van der Waals surface area contributed by atoms with Crippen LogP contribution in [-0.2, 0) is 4.74 Å². The van der Waals surface area contributed by atoms with Gasteiger partial charge in [0.25, 0.3) is 0 Å². The Kier molecular flexibility index (Phi) is 5.87. The lowest BCUT2D eigenvalue weighted by Gasteiger charge is -2.30. The third kappa shape index (κ3) is 3.81. The van der Waals surface area contributed by atoms with Crippen molar-refractivity contribution in [1.82, 2.24) is 15.5 Å². The minimum Gasteiger partial charge on any atom is -0.446 e. The van der Waals surface area contributed by atoms with Crippen molar-refractivity contribution in [3.63, 3.8) is 0 Å². The molecule has 2 N–H and O–H groups in total. The van der Waals surface area contributed by atoms with Gasteiger partial charge in [-0.15, -0.1) is 12.4 Å². The Labute approximate surface area is 102 Å². The quantitative estimate of drug-likeness (QED) is 0.697. The van der Waals surface area contributed by atoms with Crippen LogP contribution in [0.2, 0.25) is 0 Å². The zero-order valence-corrected chi connectivity index (χ0v) is 10.2. The SMILES string of the molecule is Cl.O=C(OC1CCNCC1)N1CCNCC1. The summed E-state index contributed by atoms with van der Waals surface area (Å²) in [6.07, 6.45) is 1.87. The van der Waals surface area contributed by atoms with Gasteiger partial charge >= 0.3 is 6.09 Å². The van der Waals surface area contributed by atoms with E-state index >= 15 is 0 Å². The third-order valence-electron chi connectivity index (χ3n) is 2.93. The Morgan fingerprint density at radius 2 is 1.62 bits per heavy atom. The van der Waals surface area contributed by atoms with Crippen molar-refractivity contribution >= 4 is 18.5 Å². The highest BCUT2D eigenvalue weighted by atomic mass is 35.5. The molecule has 0 atom stereocenters. The van der Waals surface area contributed by atoms with Crippen molar-refractivity contribution in [3.05, 3.63) is 0 Å². The Balaban J connectivity index is 0.00000128. The Morgan fingerprint density at radius 1 is 1.06 bits per heavy atom. The highest BCUT2D eigenvalue weighted by Crippen LogP contribution is 2.09. The third-order valence-corrected chi connectivity index (χ3v) is 2.93. The molecule has 0 bridgehead atoms. The van der Waals surface area contributed by atoms with Crippen LogP contribution in [0.25, 0.3) is 0 Å². The van der Waals surface area contributed by atoms with E-state index < -0.39 is 0 Å². The molecule has 0 spiro atoms. The number of carbonyl (C=O) groups is 1. The van der Waals surface area contributed by atoms with E-state index in [1.165, 1.54) is 0 Å². The number of nitrogens with one attached hydrogen (secondary N) is 2. The summed E-state index contributed by atoms with van der Waals surface area (Å²) in [6, 6.07) is 0. The Hall–Kier alpha value is -0.520. The molecule has 0 aliphatic carbocycles. The number of piperazine rings is 1. The van der Waals surface area contributed by atoms with Gasteiger partial charge in [0, 0.05) is 26.2 Å². The molecule has 5 nitrogen and oxygen atoms in total. The van der Waals surface area contributed by atoms with E-state index in [1.807, 2.05) is 0 Å². The molecule has 2 aliphatic rings. The maximum atomic E-state index is 11.7. The molecule has 0 aromatic rings. The summed E-state index contributed by atoms with van der Waals surface area (Å²) < 4.78 is 5.45. The highest BCUT2D eigenvalue weighted by molar-refractivity contribution is 5.85. The first-order valence-electron chi connectivity index (χ1n) is 5.73. The lowest BCUT2D eigenvalue weighted by molar-refractivity contribution is 0.0464. The predicted octanol–water partition coefficient (Wildman–Crippen LogP) is 0.202. The molecule has 16 heavy (non-hydrogen) atoms. The average molecular weight is 250 g/mol. The van der Waals surface area contributed by atoms with Crippen LogP contribution in [0.3, 0.4) is 0 Å². The topological polar surface area (TPSA) is 53.6 Å². The maximum absolute atomic E-state index is 11.7. The number of piperidine rings is 1. The van der Waals surface area contributed by atoms with E-state index in [0.717, 1.165) is 52.1 Å². The Morgan fingerprint density at radius 3 is 2.25 bits per heavy atom.